The van der Waals surface area contributed by atoms with E-state index in [1.165, 1.54) is 13.2 Å². The smallest absolute Gasteiger partial charge is 0.180 e. The van der Waals surface area contributed by atoms with Crippen molar-refractivity contribution in [3.8, 4) is 17.6 Å². The summed E-state index contributed by atoms with van der Waals surface area (Å²) in [5, 5.41) is 9.72. The van der Waals surface area contributed by atoms with Gasteiger partial charge in [-0.25, -0.2) is 4.39 Å². The normalized spacial score (nSPS) is 11.3. The Morgan fingerprint density at radius 1 is 1.29 bits per heavy atom. The maximum absolute atomic E-state index is 13.9. The van der Waals surface area contributed by atoms with Crippen molar-refractivity contribution >= 4 is 23.3 Å². The quantitative estimate of drug-likeness (QED) is 0.542. The molecule has 0 aliphatic heterocycles. The number of hydrogen-bond acceptors (Lipinski definition) is 3. The van der Waals surface area contributed by atoms with Gasteiger partial charge in [0.05, 0.1) is 29.9 Å². The molecule has 0 amide bonds. The van der Waals surface area contributed by atoms with Gasteiger partial charge in [0.25, 0.3) is 0 Å². The van der Waals surface area contributed by atoms with E-state index in [1.54, 1.807) is 36.4 Å². The van der Waals surface area contributed by atoms with Crippen molar-refractivity contribution in [2.24, 2.45) is 0 Å². The van der Waals surface area contributed by atoms with Gasteiger partial charge in [0, 0.05) is 5.56 Å². The van der Waals surface area contributed by atoms with Crippen LogP contribution in [0.5, 0.6) is 11.5 Å². The van der Waals surface area contributed by atoms with Crippen LogP contribution in [0, 0.1) is 17.1 Å². The lowest BCUT2D eigenvalue weighted by Crippen LogP contribution is -2.07. The number of benzene rings is 2. The van der Waals surface area contributed by atoms with Crippen LogP contribution in [0.3, 0.4) is 0 Å². The van der Waals surface area contributed by atoms with Crippen molar-refractivity contribution in [1.82, 2.24) is 0 Å². The molecular weight excluding hydrogens is 329 g/mol. The molecule has 0 spiro atoms. The molecule has 124 valence electrons. The number of rotatable bonds is 5. The third kappa shape index (κ3) is 4.06. The standard InChI is InChI=1S/C19H17ClFNO2/c1-12(2)24-19-16(20)9-13(10-18(19)23-3)8-14(11-22)15-6-4-5-7-17(15)21/h4-10,12H,1-3H3/b14-8-. The molecule has 0 aromatic heterocycles. The highest BCUT2D eigenvalue weighted by Gasteiger charge is 2.14. The molecule has 24 heavy (non-hydrogen) atoms. The van der Waals surface area contributed by atoms with Crippen molar-refractivity contribution in [1.29, 1.82) is 5.26 Å². The van der Waals surface area contributed by atoms with Crippen LogP contribution in [-0.4, -0.2) is 13.2 Å². The summed E-state index contributed by atoms with van der Waals surface area (Å²) in [6.07, 6.45) is 1.50. The number of nitrogens with zero attached hydrogens (tertiary/aromatic N) is 1. The lowest BCUT2D eigenvalue weighted by atomic mass is 10.0. The van der Waals surface area contributed by atoms with E-state index in [2.05, 4.69) is 0 Å². The summed E-state index contributed by atoms with van der Waals surface area (Å²) in [5.74, 6) is 0.437. The van der Waals surface area contributed by atoms with E-state index in [0.29, 0.717) is 22.1 Å². The highest BCUT2D eigenvalue weighted by atomic mass is 35.5. The highest BCUT2D eigenvalue weighted by molar-refractivity contribution is 6.32. The lowest BCUT2D eigenvalue weighted by Gasteiger charge is -2.15. The van der Waals surface area contributed by atoms with Crippen LogP contribution in [-0.2, 0) is 0 Å². The summed E-state index contributed by atoms with van der Waals surface area (Å²) < 4.78 is 24.9. The molecule has 0 aliphatic carbocycles. The molecule has 5 heteroatoms. The van der Waals surface area contributed by atoms with Crippen LogP contribution in [0.15, 0.2) is 36.4 Å². The fourth-order valence-corrected chi connectivity index (χ4v) is 2.45. The van der Waals surface area contributed by atoms with Gasteiger partial charge >= 0.3 is 0 Å². The Morgan fingerprint density at radius 3 is 2.58 bits per heavy atom. The van der Waals surface area contributed by atoms with Gasteiger partial charge in [0.15, 0.2) is 11.5 Å². The Balaban J connectivity index is 2.51. The first kappa shape index (κ1) is 17.8. The number of halogens is 2. The molecule has 0 heterocycles. The Bertz CT molecular complexity index is 809. The lowest BCUT2D eigenvalue weighted by molar-refractivity contribution is 0.230. The van der Waals surface area contributed by atoms with E-state index in [9.17, 15) is 9.65 Å². The van der Waals surface area contributed by atoms with Gasteiger partial charge in [0.2, 0.25) is 0 Å². The van der Waals surface area contributed by atoms with Gasteiger partial charge < -0.3 is 9.47 Å². The molecule has 0 atom stereocenters. The Labute approximate surface area is 145 Å². The molecule has 0 aliphatic rings. The first-order valence-electron chi connectivity index (χ1n) is 7.37. The average Bonchev–Trinajstić information content (AvgIpc) is 2.55. The topological polar surface area (TPSA) is 42.2 Å². The molecule has 0 saturated carbocycles. The zero-order valence-electron chi connectivity index (χ0n) is 13.6. The monoisotopic (exact) mass is 345 g/mol. The van der Waals surface area contributed by atoms with E-state index in [0.717, 1.165) is 0 Å². The summed E-state index contributed by atoms with van der Waals surface area (Å²) in [5.41, 5.74) is 1.05. The summed E-state index contributed by atoms with van der Waals surface area (Å²) in [6, 6.07) is 11.5. The molecule has 3 nitrogen and oxygen atoms in total. The largest absolute Gasteiger partial charge is 0.493 e. The minimum Gasteiger partial charge on any atom is -0.493 e. The van der Waals surface area contributed by atoms with Crippen molar-refractivity contribution in [3.63, 3.8) is 0 Å². The van der Waals surface area contributed by atoms with Gasteiger partial charge in [-0.05, 0) is 43.7 Å². The van der Waals surface area contributed by atoms with E-state index in [-0.39, 0.29) is 17.2 Å². The van der Waals surface area contributed by atoms with E-state index in [4.69, 9.17) is 21.1 Å². The van der Waals surface area contributed by atoms with Gasteiger partial charge in [-0.1, -0.05) is 29.8 Å². The van der Waals surface area contributed by atoms with Crippen LogP contribution >= 0.6 is 11.6 Å². The Hall–Kier alpha value is -2.51. The number of ether oxygens (including phenoxy) is 2. The van der Waals surface area contributed by atoms with E-state index < -0.39 is 5.82 Å². The third-order valence-corrected chi connectivity index (χ3v) is 3.48. The molecule has 0 N–H and O–H groups in total. The maximum Gasteiger partial charge on any atom is 0.180 e. The minimum absolute atomic E-state index is 0.0640. The number of hydrogen-bond donors (Lipinski definition) is 0. The van der Waals surface area contributed by atoms with Crippen LogP contribution < -0.4 is 9.47 Å². The van der Waals surface area contributed by atoms with Gasteiger partial charge in [0.1, 0.15) is 5.82 Å². The molecule has 0 fully saturated rings. The van der Waals surface area contributed by atoms with Gasteiger partial charge in [-0.3, -0.25) is 0 Å². The van der Waals surface area contributed by atoms with Crippen molar-refractivity contribution in [3.05, 3.63) is 58.4 Å². The van der Waals surface area contributed by atoms with Crippen LogP contribution in [0.25, 0.3) is 11.6 Å². The number of methoxy groups -OCH3 is 1. The molecule has 0 unspecified atom stereocenters. The van der Waals surface area contributed by atoms with E-state index >= 15 is 0 Å². The summed E-state index contributed by atoms with van der Waals surface area (Å²) in [4.78, 5) is 0. The molecule has 0 saturated heterocycles. The second-order valence-corrected chi connectivity index (χ2v) is 5.76. The first-order valence-corrected chi connectivity index (χ1v) is 7.75. The zero-order valence-corrected chi connectivity index (χ0v) is 14.4. The van der Waals surface area contributed by atoms with E-state index in [1.807, 2.05) is 19.9 Å². The molecule has 0 bridgehead atoms. The van der Waals surface area contributed by atoms with Crippen LogP contribution in [0.1, 0.15) is 25.0 Å². The zero-order chi connectivity index (χ0) is 17.7. The third-order valence-electron chi connectivity index (χ3n) is 3.20. The summed E-state index contributed by atoms with van der Waals surface area (Å²) in [7, 11) is 1.51. The first-order chi connectivity index (χ1) is 11.5. The van der Waals surface area contributed by atoms with Gasteiger partial charge in [-0.15, -0.1) is 0 Å². The van der Waals surface area contributed by atoms with Crippen molar-refractivity contribution < 1.29 is 13.9 Å². The average molecular weight is 346 g/mol. The number of allylic oxidation sites excluding steroid dienone is 1. The fourth-order valence-electron chi connectivity index (χ4n) is 2.19. The second-order valence-electron chi connectivity index (χ2n) is 5.35. The predicted molar refractivity (Wildman–Crippen MR) is 93.7 cm³/mol. The second kappa shape index (κ2) is 7.85. The van der Waals surface area contributed by atoms with Crippen molar-refractivity contribution in [2.45, 2.75) is 20.0 Å². The maximum atomic E-state index is 13.9. The molecule has 2 aromatic rings. The van der Waals surface area contributed by atoms with Crippen LogP contribution in [0.2, 0.25) is 5.02 Å². The van der Waals surface area contributed by atoms with Gasteiger partial charge in [-0.2, -0.15) is 5.26 Å². The molecule has 2 rings (SSSR count). The molecular formula is C19H17ClFNO2. The predicted octanol–water partition coefficient (Wildman–Crippen LogP) is 5.34. The van der Waals surface area contributed by atoms with Crippen molar-refractivity contribution in [2.75, 3.05) is 7.11 Å². The fraction of sp³-hybridized carbons (Fsp3) is 0.211. The molecule has 2 aromatic carbocycles. The summed E-state index contributed by atoms with van der Waals surface area (Å²) >= 11 is 6.27. The highest BCUT2D eigenvalue weighted by Crippen LogP contribution is 2.38. The molecule has 0 radical (unpaired) electrons. The minimum atomic E-state index is -0.455. The Kier molecular flexibility index (Phi) is 5.83. The van der Waals surface area contributed by atoms with Crippen LogP contribution in [0.4, 0.5) is 4.39 Å². The Morgan fingerprint density at radius 2 is 2.00 bits per heavy atom. The number of nitriles is 1. The summed E-state index contributed by atoms with van der Waals surface area (Å²) in [6.45, 7) is 3.77. The SMILES string of the molecule is COc1cc(/C=C(/C#N)c2ccccc2F)cc(Cl)c1OC(C)C.